The number of halogens is 2. The molecule has 2 aromatic carbocycles. The number of hydrogen-bond acceptors (Lipinski definition) is 3. The topological polar surface area (TPSA) is 64.3 Å². The number of amides is 1. The normalized spacial score (nSPS) is 11.2. The zero-order valence-electron chi connectivity index (χ0n) is 13.8. The summed E-state index contributed by atoms with van der Waals surface area (Å²) in [6, 6.07) is 9.48. The molecule has 4 nitrogen and oxygen atoms in total. The highest BCUT2D eigenvalue weighted by Gasteiger charge is 2.25. The number of rotatable bonds is 5. The first-order chi connectivity index (χ1) is 11.3. The SMILES string of the molecule is COc1cc(N)c(Cl)cc1C(=O)NCC(C)(C)c1ccccc1F. The van der Waals surface area contributed by atoms with E-state index in [0.29, 0.717) is 17.0 Å². The van der Waals surface area contributed by atoms with Crippen LogP contribution >= 0.6 is 11.6 Å². The van der Waals surface area contributed by atoms with Crippen molar-refractivity contribution in [1.29, 1.82) is 0 Å². The fourth-order valence-electron chi connectivity index (χ4n) is 2.42. The van der Waals surface area contributed by atoms with Gasteiger partial charge in [0.1, 0.15) is 11.6 Å². The maximum Gasteiger partial charge on any atom is 0.255 e. The van der Waals surface area contributed by atoms with E-state index in [4.69, 9.17) is 22.1 Å². The summed E-state index contributed by atoms with van der Waals surface area (Å²) in [5.74, 6) is -0.332. The van der Waals surface area contributed by atoms with E-state index >= 15 is 0 Å². The van der Waals surface area contributed by atoms with Crippen LogP contribution in [0.5, 0.6) is 5.75 Å². The van der Waals surface area contributed by atoms with Crippen LogP contribution in [0.3, 0.4) is 0 Å². The maximum atomic E-state index is 14.0. The zero-order chi connectivity index (χ0) is 17.9. The molecule has 6 heteroatoms. The van der Waals surface area contributed by atoms with Crippen molar-refractivity contribution in [3.8, 4) is 5.75 Å². The third-order valence-corrected chi connectivity index (χ3v) is 4.18. The highest BCUT2D eigenvalue weighted by Crippen LogP contribution is 2.29. The number of methoxy groups -OCH3 is 1. The van der Waals surface area contributed by atoms with E-state index in [9.17, 15) is 9.18 Å². The summed E-state index contributed by atoms with van der Waals surface area (Å²) in [7, 11) is 1.45. The lowest BCUT2D eigenvalue weighted by molar-refractivity contribution is 0.0942. The van der Waals surface area contributed by atoms with E-state index in [1.807, 2.05) is 13.8 Å². The van der Waals surface area contributed by atoms with E-state index in [1.165, 1.54) is 25.3 Å². The molecule has 0 radical (unpaired) electrons. The molecule has 0 aliphatic carbocycles. The summed E-state index contributed by atoms with van der Waals surface area (Å²) in [5, 5.41) is 3.07. The fraction of sp³-hybridized carbons (Fsp3) is 0.278. The molecule has 0 unspecified atom stereocenters. The first kappa shape index (κ1) is 18.1. The summed E-state index contributed by atoms with van der Waals surface area (Å²) < 4.78 is 19.2. The first-order valence-electron chi connectivity index (χ1n) is 7.42. The molecule has 0 aliphatic heterocycles. The van der Waals surface area contributed by atoms with Crippen LogP contribution in [0, 0.1) is 5.82 Å². The van der Waals surface area contributed by atoms with Crippen LogP contribution in [-0.2, 0) is 5.41 Å². The van der Waals surface area contributed by atoms with Crippen LogP contribution in [0.2, 0.25) is 5.02 Å². The van der Waals surface area contributed by atoms with Crippen molar-refractivity contribution < 1.29 is 13.9 Å². The lowest BCUT2D eigenvalue weighted by Gasteiger charge is -2.26. The molecule has 2 rings (SSSR count). The Labute approximate surface area is 145 Å². The maximum absolute atomic E-state index is 14.0. The molecular formula is C18H20ClFN2O2. The van der Waals surface area contributed by atoms with Crippen molar-refractivity contribution in [1.82, 2.24) is 5.32 Å². The summed E-state index contributed by atoms with van der Waals surface area (Å²) in [6.45, 7) is 3.97. The number of carbonyl (C=O) groups excluding carboxylic acids is 1. The van der Waals surface area contributed by atoms with Gasteiger partial charge in [-0.25, -0.2) is 4.39 Å². The fourth-order valence-corrected chi connectivity index (χ4v) is 2.58. The minimum Gasteiger partial charge on any atom is -0.496 e. The number of anilines is 1. The van der Waals surface area contributed by atoms with Crippen molar-refractivity contribution in [3.63, 3.8) is 0 Å². The minimum atomic E-state index is -0.578. The molecule has 0 atom stereocenters. The lowest BCUT2D eigenvalue weighted by Crippen LogP contribution is -2.37. The highest BCUT2D eigenvalue weighted by molar-refractivity contribution is 6.33. The highest BCUT2D eigenvalue weighted by atomic mass is 35.5. The van der Waals surface area contributed by atoms with E-state index < -0.39 is 5.41 Å². The number of nitrogens with two attached hydrogens (primary N) is 1. The number of benzene rings is 2. The average Bonchev–Trinajstić information content (AvgIpc) is 2.55. The molecule has 3 N–H and O–H groups in total. The first-order valence-corrected chi connectivity index (χ1v) is 7.80. The molecule has 1 amide bonds. The van der Waals surface area contributed by atoms with Gasteiger partial charge in [0.05, 0.1) is 23.4 Å². The number of nitrogen functional groups attached to an aromatic ring is 1. The summed E-state index contributed by atoms with van der Waals surface area (Å²) in [5.41, 5.74) is 6.28. The Morgan fingerprint density at radius 2 is 2.00 bits per heavy atom. The van der Waals surface area contributed by atoms with Gasteiger partial charge in [-0.05, 0) is 17.7 Å². The van der Waals surface area contributed by atoms with Gasteiger partial charge in [-0.15, -0.1) is 0 Å². The number of hydrogen-bond donors (Lipinski definition) is 2. The van der Waals surface area contributed by atoms with Gasteiger partial charge in [-0.1, -0.05) is 43.6 Å². The van der Waals surface area contributed by atoms with Crippen LogP contribution in [0.1, 0.15) is 29.8 Å². The van der Waals surface area contributed by atoms with Gasteiger partial charge in [0, 0.05) is 18.0 Å². The van der Waals surface area contributed by atoms with Gasteiger partial charge in [0.2, 0.25) is 0 Å². The standard InChI is InChI=1S/C18H20ClFN2O2/c1-18(2,12-6-4-5-7-14(12)20)10-22-17(23)11-8-13(19)15(21)9-16(11)24-3/h4-9H,10,21H2,1-3H3,(H,22,23). The van der Waals surface area contributed by atoms with Crippen LogP contribution in [0.4, 0.5) is 10.1 Å². The Bertz CT molecular complexity index is 763. The molecule has 0 bridgehead atoms. The number of ether oxygens (including phenoxy) is 1. The van der Waals surface area contributed by atoms with Gasteiger partial charge >= 0.3 is 0 Å². The van der Waals surface area contributed by atoms with Crippen LogP contribution in [-0.4, -0.2) is 19.6 Å². The Morgan fingerprint density at radius 1 is 1.33 bits per heavy atom. The summed E-state index contributed by atoms with van der Waals surface area (Å²) in [4.78, 5) is 12.5. The molecule has 0 heterocycles. The van der Waals surface area contributed by atoms with E-state index in [2.05, 4.69) is 5.32 Å². The van der Waals surface area contributed by atoms with Gasteiger partial charge in [-0.2, -0.15) is 0 Å². The largest absolute Gasteiger partial charge is 0.496 e. The molecular weight excluding hydrogens is 331 g/mol. The Kier molecular flexibility index (Phi) is 5.34. The van der Waals surface area contributed by atoms with E-state index in [1.54, 1.807) is 18.2 Å². The molecule has 0 fully saturated rings. The number of carbonyl (C=O) groups is 1. The average molecular weight is 351 g/mol. The predicted molar refractivity (Wildman–Crippen MR) is 94.2 cm³/mol. The molecule has 2 aromatic rings. The van der Waals surface area contributed by atoms with Gasteiger partial charge in [-0.3, -0.25) is 4.79 Å². The monoisotopic (exact) mass is 350 g/mol. The second kappa shape index (κ2) is 7.09. The third kappa shape index (κ3) is 3.79. The second-order valence-electron chi connectivity index (χ2n) is 6.12. The third-order valence-electron chi connectivity index (χ3n) is 3.86. The van der Waals surface area contributed by atoms with E-state index in [0.717, 1.165) is 0 Å². The second-order valence-corrected chi connectivity index (χ2v) is 6.53. The van der Waals surface area contributed by atoms with Crippen molar-refractivity contribution in [2.45, 2.75) is 19.3 Å². The molecule has 24 heavy (non-hydrogen) atoms. The zero-order valence-corrected chi connectivity index (χ0v) is 14.6. The van der Waals surface area contributed by atoms with Crippen molar-refractivity contribution in [2.75, 3.05) is 19.4 Å². The Balaban J connectivity index is 2.19. The van der Waals surface area contributed by atoms with Crippen LogP contribution in [0.25, 0.3) is 0 Å². The molecule has 128 valence electrons. The van der Waals surface area contributed by atoms with Gasteiger partial charge in [0.15, 0.2) is 0 Å². The quantitative estimate of drug-likeness (QED) is 0.806. The number of nitrogens with one attached hydrogen (secondary N) is 1. The van der Waals surface area contributed by atoms with Crippen molar-refractivity contribution in [3.05, 3.63) is 58.4 Å². The van der Waals surface area contributed by atoms with Crippen molar-refractivity contribution in [2.24, 2.45) is 0 Å². The van der Waals surface area contributed by atoms with Crippen LogP contribution in [0.15, 0.2) is 36.4 Å². The smallest absolute Gasteiger partial charge is 0.255 e. The summed E-state index contributed by atoms with van der Waals surface area (Å²) >= 11 is 5.98. The molecule has 0 spiro atoms. The predicted octanol–water partition coefficient (Wildman–Crippen LogP) is 3.78. The lowest BCUT2D eigenvalue weighted by atomic mass is 9.84. The molecule has 0 saturated heterocycles. The summed E-state index contributed by atoms with van der Waals surface area (Å²) in [6.07, 6.45) is 0. The molecule has 0 aromatic heterocycles. The van der Waals surface area contributed by atoms with Crippen LogP contribution < -0.4 is 15.8 Å². The Morgan fingerprint density at radius 3 is 2.62 bits per heavy atom. The molecule has 0 aliphatic rings. The van der Waals surface area contributed by atoms with Gasteiger partial charge < -0.3 is 15.8 Å². The van der Waals surface area contributed by atoms with E-state index in [-0.39, 0.29) is 28.9 Å². The van der Waals surface area contributed by atoms with Gasteiger partial charge in [0.25, 0.3) is 5.91 Å². The Hall–Kier alpha value is -2.27. The van der Waals surface area contributed by atoms with Crippen molar-refractivity contribution >= 4 is 23.2 Å². The molecule has 0 saturated carbocycles. The minimum absolute atomic E-state index is 0.248.